The number of amides is 1. The van der Waals surface area contributed by atoms with Gasteiger partial charge in [-0.25, -0.2) is 9.78 Å². The maximum atomic E-state index is 12.6. The first-order valence-electron chi connectivity index (χ1n) is 8.01. The quantitative estimate of drug-likeness (QED) is 0.593. The summed E-state index contributed by atoms with van der Waals surface area (Å²) >= 11 is 1.36. The maximum Gasteiger partial charge on any atom is 0.343 e. The summed E-state index contributed by atoms with van der Waals surface area (Å²) in [6.07, 6.45) is 1.98. The topological polar surface area (TPSA) is 72.2 Å². The van der Waals surface area contributed by atoms with Crippen molar-refractivity contribution in [3.8, 4) is 0 Å². The van der Waals surface area contributed by atoms with Crippen LogP contribution in [0.15, 0.2) is 75.4 Å². The molecule has 4 rings (SSSR count). The maximum absolute atomic E-state index is 12.6. The Morgan fingerprint density at radius 3 is 2.77 bits per heavy atom. The Bertz CT molecular complexity index is 1130. The molecule has 0 aliphatic heterocycles. The summed E-state index contributed by atoms with van der Waals surface area (Å²) in [5.74, 6) is 0.280. The Morgan fingerprint density at radius 1 is 1.12 bits per heavy atom. The molecule has 5 nitrogen and oxygen atoms in total. The zero-order valence-electron chi connectivity index (χ0n) is 13.6. The second-order valence-electron chi connectivity index (χ2n) is 5.71. The minimum absolute atomic E-state index is 0.237. The molecule has 0 atom stereocenters. The van der Waals surface area contributed by atoms with Crippen molar-refractivity contribution in [2.24, 2.45) is 0 Å². The van der Waals surface area contributed by atoms with E-state index in [1.165, 1.54) is 11.3 Å². The van der Waals surface area contributed by atoms with Crippen LogP contribution in [0.3, 0.4) is 0 Å². The molecular formula is C20H14N2O3S. The molecule has 26 heavy (non-hydrogen) atoms. The molecule has 0 aliphatic rings. The number of hydrogen-bond donors (Lipinski definition) is 1. The number of carbonyl (C=O) groups excluding carboxylic acids is 1. The van der Waals surface area contributed by atoms with E-state index < -0.39 is 0 Å². The Hall–Kier alpha value is -3.25. The number of nitrogens with one attached hydrogen (secondary N) is 1. The van der Waals surface area contributed by atoms with Crippen molar-refractivity contribution < 1.29 is 9.21 Å². The van der Waals surface area contributed by atoms with Gasteiger partial charge >= 0.3 is 5.63 Å². The van der Waals surface area contributed by atoms with Crippen LogP contribution in [0.2, 0.25) is 0 Å². The Labute approximate surface area is 152 Å². The van der Waals surface area contributed by atoms with Gasteiger partial charge in [0.05, 0.1) is 5.39 Å². The number of nitrogens with zero attached hydrogens (tertiary/aromatic N) is 1. The first-order valence-corrected chi connectivity index (χ1v) is 8.89. The Kier molecular flexibility index (Phi) is 4.33. The molecule has 2 heterocycles. The summed E-state index contributed by atoms with van der Waals surface area (Å²) in [5.41, 5.74) is 0.932. The van der Waals surface area contributed by atoms with Crippen LogP contribution >= 0.6 is 11.3 Å². The van der Waals surface area contributed by atoms with Gasteiger partial charge < -0.3 is 4.42 Å². The molecule has 0 aliphatic carbocycles. The highest BCUT2D eigenvalue weighted by Gasteiger charge is 2.14. The molecule has 2 aromatic heterocycles. The number of anilines is 1. The highest BCUT2D eigenvalue weighted by Crippen LogP contribution is 2.19. The molecule has 0 saturated carbocycles. The highest BCUT2D eigenvalue weighted by atomic mass is 32.1. The van der Waals surface area contributed by atoms with Gasteiger partial charge in [-0.1, -0.05) is 36.4 Å². The summed E-state index contributed by atoms with van der Waals surface area (Å²) in [6, 6.07) is 16.4. The molecule has 0 unspecified atom stereocenters. The minimum atomic E-state index is -0.372. The van der Waals surface area contributed by atoms with Crippen LogP contribution in [0, 0.1) is 0 Å². The van der Waals surface area contributed by atoms with Crippen molar-refractivity contribution >= 4 is 33.1 Å². The van der Waals surface area contributed by atoms with E-state index in [1.54, 1.807) is 35.8 Å². The van der Waals surface area contributed by atoms with Gasteiger partial charge in [0, 0.05) is 23.6 Å². The van der Waals surface area contributed by atoms with Crippen molar-refractivity contribution in [1.82, 2.24) is 4.98 Å². The summed E-state index contributed by atoms with van der Waals surface area (Å²) in [6.45, 7) is 0. The van der Waals surface area contributed by atoms with Gasteiger partial charge in [-0.3, -0.25) is 10.1 Å². The predicted octanol–water partition coefficient (Wildman–Crippen LogP) is 4.09. The lowest BCUT2D eigenvalue weighted by Crippen LogP contribution is -2.14. The van der Waals surface area contributed by atoms with Crippen molar-refractivity contribution in [2.45, 2.75) is 6.42 Å². The van der Waals surface area contributed by atoms with Crippen molar-refractivity contribution in [3.05, 3.63) is 93.5 Å². The number of thiazole rings is 1. The summed E-state index contributed by atoms with van der Waals surface area (Å²) in [5, 5.41) is 6.49. The van der Waals surface area contributed by atoms with E-state index >= 15 is 0 Å². The van der Waals surface area contributed by atoms with Gasteiger partial charge in [-0.15, -0.1) is 11.3 Å². The SMILES string of the molecule is O=C(Nc1nccs1)c1ccccc1Cc1cc2ccccc2c(=O)o1. The lowest BCUT2D eigenvalue weighted by Gasteiger charge is -2.09. The fourth-order valence-corrected chi connectivity index (χ4v) is 3.33. The van der Waals surface area contributed by atoms with Gasteiger partial charge in [0.25, 0.3) is 5.91 Å². The molecule has 0 bridgehead atoms. The third-order valence-corrected chi connectivity index (χ3v) is 4.69. The van der Waals surface area contributed by atoms with Crippen LogP contribution in [-0.4, -0.2) is 10.9 Å². The second kappa shape index (κ2) is 6.93. The van der Waals surface area contributed by atoms with Crippen molar-refractivity contribution in [2.75, 3.05) is 5.32 Å². The molecule has 6 heteroatoms. The molecule has 1 amide bonds. The van der Waals surface area contributed by atoms with Crippen molar-refractivity contribution in [1.29, 1.82) is 0 Å². The molecule has 0 radical (unpaired) electrons. The highest BCUT2D eigenvalue weighted by molar-refractivity contribution is 7.13. The van der Waals surface area contributed by atoms with E-state index in [2.05, 4.69) is 10.3 Å². The molecule has 0 fully saturated rings. The first kappa shape index (κ1) is 16.2. The predicted molar refractivity (Wildman–Crippen MR) is 102 cm³/mol. The van der Waals surface area contributed by atoms with Crippen LogP contribution in [0.5, 0.6) is 0 Å². The van der Waals surface area contributed by atoms with E-state index in [-0.39, 0.29) is 11.5 Å². The monoisotopic (exact) mass is 362 g/mol. The zero-order valence-corrected chi connectivity index (χ0v) is 14.5. The van der Waals surface area contributed by atoms with Gasteiger partial charge in [-0.05, 0) is 29.1 Å². The van der Waals surface area contributed by atoms with Crippen molar-refractivity contribution in [3.63, 3.8) is 0 Å². The molecule has 0 saturated heterocycles. The number of benzene rings is 2. The normalized spacial score (nSPS) is 10.8. The van der Waals surface area contributed by atoms with E-state index in [0.717, 1.165) is 10.9 Å². The summed E-state index contributed by atoms with van der Waals surface area (Å²) in [7, 11) is 0. The van der Waals surface area contributed by atoms with Crippen LogP contribution in [0.4, 0.5) is 5.13 Å². The molecular weight excluding hydrogens is 348 g/mol. The molecule has 2 aromatic carbocycles. The molecule has 128 valence electrons. The average Bonchev–Trinajstić information content (AvgIpc) is 3.15. The molecule has 0 spiro atoms. The van der Waals surface area contributed by atoms with E-state index in [0.29, 0.717) is 28.3 Å². The number of rotatable bonds is 4. The fraction of sp³-hybridized carbons (Fsp3) is 0.0500. The van der Waals surface area contributed by atoms with E-state index in [9.17, 15) is 9.59 Å². The van der Waals surface area contributed by atoms with Crippen LogP contribution < -0.4 is 10.9 Å². The number of carbonyl (C=O) groups is 1. The summed E-state index contributed by atoms with van der Waals surface area (Å²) < 4.78 is 5.44. The fourth-order valence-electron chi connectivity index (χ4n) is 2.81. The average molecular weight is 362 g/mol. The largest absolute Gasteiger partial charge is 0.427 e. The van der Waals surface area contributed by atoms with Crippen LogP contribution in [0.1, 0.15) is 21.7 Å². The third kappa shape index (κ3) is 3.27. The minimum Gasteiger partial charge on any atom is -0.427 e. The standard InChI is InChI=1S/C20H14N2O3S/c23-18(22-20-21-9-10-26-20)16-7-3-1-5-13(16)11-15-12-14-6-2-4-8-17(14)19(24)25-15/h1-10,12H,11H2,(H,21,22,23). The zero-order chi connectivity index (χ0) is 17.9. The Balaban J connectivity index is 1.67. The van der Waals surface area contributed by atoms with Gasteiger partial charge in [-0.2, -0.15) is 0 Å². The first-order chi connectivity index (χ1) is 12.7. The lowest BCUT2D eigenvalue weighted by molar-refractivity contribution is 0.102. The number of aromatic nitrogens is 1. The van der Waals surface area contributed by atoms with Crippen LogP contribution in [-0.2, 0) is 6.42 Å². The van der Waals surface area contributed by atoms with Gasteiger partial charge in [0.1, 0.15) is 5.76 Å². The Morgan fingerprint density at radius 2 is 1.92 bits per heavy atom. The van der Waals surface area contributed by atoms with Crippen LogP contribution in [0.25, 0.3) is 10.8 Å². The smallest absolute Gasteiger partial charge is 0.343 e. The molecule has 1 N–H and O–H groups in total. The lowest BCUT2D eigenvalue weighted by atomic mass is 10.0. The van der Waals surface area contributed by atoms with E-state index in [1.807, 2.05) is 30.3 Å². The van der Waals surface area contributed by atoms with Gasteiger partial charge in [0.2, 0.25) is 0 Å². The number of hydrogen-bond acceptors (Lipinski definition) is 5. The van der Waals surface area contributed by atoms with Gasteiger partial charge in [0.15, 0.2) is 5.13 Å². The third-order valence-electron chi connectivity index (χ3n) is 4.00. The number of fused-ring (bicyclic) bond motifs is 1. The second-order valence-corrected chi connectivity index (χ2v) is 6.61. The van der Waals surface area contributed by atoms with E-state index in [4.69, 9.17) is 4.42 Å². The molecule has 4 aromatic rings. The summed E-state index contributed by atoms with van der Waals surface area (Å²) in [4.78, 5) is 28.8.